The Labute approximate surface area is 131 Å². The maximum Gasteiger partial charge on any atom is 0.317 e. The van der Waals surface area contributed by atoms with Crippen LogP contribution in [0.4, 0.5) is 9.18 Å². The van der Waals surface area contributed by atoms with Crippen molar-refractivity contribution in [2.24, 2.45) is 0 Å². The number of nitrogens with one attached hydrogen (secondary N) is 1. The Morgan fingerprint density at radius 3 is 2.95 bits per heavy atom. The van der Waals surface area contributed by atoms with Gasteiger partial charge < -0.3 is 15.3 Å². The van der Waals surface area contributed by atoms with E-state index < -0.39 is 0 Å². The van der Waals surface area contributed by atoms with Crippen molar-refractivity contribution in [1.82, 2.24) is 10.2 Å². The van der Waals surface area contributed by atoms with Gasteiger partial charge in [0.2, 0.25) is 0 Å². The largest absolute Gasteiger partial charge is 0.396 e. The lowest BCUT2D eigenvalue weighted by molar-refractivity contribution is 0.132. The van der Waals surface area contributed by atoms with E-state index in [2.05, 4.69) is 5.32 Å². The van der Waals surface area contributed by atoms with Crippen molar-refractivity contribution >= 4 is 6.03 Å². The molecule has 1 heterocycles. The number of benzene rings is 1. The highest BCUT2D eigenvalue weighted by molar-refractivity contribution is 5.74. The van der Waals surface area contributed by atoms with E-state index in [-0.39, 0.29) is 24.5 Å². The lowest BCUT2D eigenvalue weighted by Gasteiger charge is -2.35. The molecular formula is C17H25FN2O2. The van der Waals surface area contributed by atoms with Crippen LogP contribution in [0.25, 0.3) is 0 Å². The third-order valence-corrected chi connectivity index (χ3v) is 4.21. The summed E-state index contributed by atoms with van der Waals surface area (Å²) < 4.78 is 13.5. The predicted octanol–water partition coefficient (Wildman–Crippen LogP) is 2.70. The van der Waals surface area contributed by atoms with Gasteiger partial charge >= 0.3 is 6.03 Å². The van der Waals surface area contributed by atoms with Crippen molar-refractivity contribution in [3.63, 3.8) is 0 Å². The number of aliphatic hydroxyl groups excluding tert-OH is 1. The van der Waals surface area contributed by atoms with Crippen molar-refractivity contribution in [1.29, 1.82) is 0 Å². The molecule has 0 spiro atoms. The number of likely N-dealkylation sites (tertiary alicyclic amines) is 1. The number of piperidine rings is 1. The number of hydrogen-bond donors (Lipinski definition) is 2. The van der Waals surface area contributed by atoms with Crippen LogP contribution in [-0.2, 0) is 6.42 Å². The predicted molar refractivity (Wildman–Crippen MR) is 84.2 cm³/mol. The molecule has 1 saturated heterocycles. The summed E-state index contributed by atoms with van der Waals surface area (Å²) in [7, 11) is 0. The molecule has 1 aromatic rings. The van der Waals surface area contributed by atoms with Gasteiger partial charge in [-0.15, -0.1) is 0 Å². The van der Waals surface area contributed by atoms with Gasteiger partial charge in [-0.3, -0.25) is 0 Å². The molecule has 2 amide bonds. The van der Waals surface area contributed by atoms with E-state index in [1.54, 1.807) is 12.1 Å². The van der Waals surface area contributed by atoms with Crippen LogP contribution in [0, 0.1) is 5.82 Å². The normalized spacial score (nSPS) is 18.3. The Kier molecular flexibility index (Phi) is 6.65. The summed E-state index contributed by atoms with van der Waals surface area (Å²) in [4.78, 5) is 14.1. The number of halogens is 1. The van der Waals surface area contributed by atoms with Gasteiger partial charge in [-0.25, -0.2) is 9.18 Å². The number of carbonyl (C=O) groups is 1. The van der Waals surface area contributed by atoms with Gasteiger partial charge in [-0.05, 0) is 50.2 Å². The van der Waals surface area contributed by atoms with E-state index in [1.165, 1.54) is 6.07 Å². The van der Waals surface area contributed by atoms with Gasteiger partial charge in [0.05, 0.1) is 0 Å². The zero-order chi connectivity index (χ0) is 15.8. The first-order valence-corrected chi connectivity index (χ1v) is 8.11. The molecule has 122 valence electrons. The maximum absolute atomic E-state index is 13.5. The van der Waals surface area contributed by atoms with Crippen molar-refractivity contribution in [3.05, 3.63) is 35.6 Å². The summed E-state index contributed by atoms with van der Waals surface area (Å²) in [5, 5.41) is 12.0. The maximum atomic E-state index is 13.5. The Morgan fingerprint density at radius 2 is 2.18 bits per heavy atom. The van der Waals surface area contributed by atoms with Gasteiger partial charge in [-0.1, -0.05) is 18.2 Å². The first kappa shape index (κ1) is 16.7. The molecule has 1 aromatic carbocycles. The Morgan fingerprint density at radius 1 is 1.36 bits per heavy atom. The molecule has 5 heteroatoms. The number of urea groups is 1. The first-order valence-electron chi connectivity index (χ1n) is 8.11. The topological polar surface area (TPSA) is 52.6 Å². The lowest BCUT2D eigenvalue weighted by atomic mass is 10.0. The number of carbonyl (C=O) groups excluding carboxylic acids is 1. The second-order valence-electron chi connectivity index (χ2n) is 5.78. The van der Waals surface area contributed by atoms with E-state index in [4.69, 9.17) is 5.11 Å². The molecule has 1 fully saturated rings. The molecule has 0 bridgehead atoms. The standard InChI is InChI=1S/C17H25FN2O2/c18-16-9-2-1-6-14(16)7-5-11-19-17(22)20-12-4-3-8-15(20)10-13-21/h1-2,6,9,15,21H,3-5,7-8,10-13H2,(H,19,22)/t15-/m1/s1. The molecule has 2 N–H and O–H groups in total. The second-order valence-corrected chi connectivity index (χ2v) is 5.78. The smallest absolute Gasteiger partial charge is 0.317 e. The summed E-state index contributed by atoms with van der Waals surface area (Å²) in [6.45, 7) is 1.40. The molecular weight excluding hydrogens is 283 g/mol. The summed E-state index contributed by atoms with van der Waals surface area (Å²) in [6.07, 6.45) is 5.07. The number of hydrogen-bond acceptors (Lipinski definition) is 2. The van der Waals surface area contributed by atoms with E-state index >= 15 is 0 Å². The minimum absolute atomic E-state index is 0.0633. The van der Waals surface area contributed by atoms with Crippen LogP contribution in [0.15, 0.2) is 24.3 Å². The molecule has 1 atom stereocenters. The summed E-state index contributed by atoms with van der Waals surface area (Å²) in [6, 6.07) is 6.82. The SMILES string of the molecule is O=C(NCCCc1ccccc1F)N1CCCC[C@@H]1CCO. The third kappa shape index (κ3) is 4.70. The number of aryl methyl sites for hydroxylation is 1. The molecule has 1 aliphatic rings. The molecule has 0 aromatic heterocycles. The third-order valence-electron chi connectivity index (χ3n) is 4.21. The zero-order valence-corrected chi connectivity index (χ0v) is 12.9. The first-order chi connectivity index (χ1) is 10.7. The molecule has 0 saturated carbocycles. The van der Waals surface area contributed by atoms with Crippen molar-refractivity contribution < 1.29 is 14.3 Å². The van der Waals surface area contributed by atoms with Crippen LogP contribution in [0.3, 0.4) is 0 Å². The molecule has 0 unspecified atom stereocenters. The van der Waals surface area contributed by atoms with E-state index in [0.29, 0.717) is 31.4 Å². The molecule has 1 aliphatic heterocycles. The van der Waals surface area contributed by atoms with Crippen LogP contribution >= 0.6 is 0 Å². The van der Waals surface area contributed by atoms with Crippen molar-refractivity contribution in [2.45, 2.75) is 44.6 Å². The van der Waals surface area contributed by atoms with Crippen LogP contribution in [0.5, 0.6) is 0 Å². The fraction of sp³-hybridized carbons (Fsp3) is 0.588. The van der Waals surface area contributed by atoms with E-state index in [0.717, 1.165) is 25.8 Å². The summed E-state index contributed by atoms with van der Waals surface area (Å²) >= 11 is 0. The van der Waals surface area contributed by atoms with Crippen LogP contribution in [0.1, 0.15) is 37.7 Å². The van der Waals surface area contributed by atoms with Crippen LogP contribution < -0.4 is 5.32 Å². The Balaban J connectivity index is 1.74. The van der Waals surface area contributed by atoms with Gasteiger partial charge in [0, 0.05) is 25.7 Å². The number of rotatable bonds is 6. The molecule has 0 aliphatic carbocycles. The van der Waals surface area contributed by atoms with Gasteiger partial charge in [0.1, 0.15) is 5.82 Å². The van der Waals surface area contributed by atoms with Gasteiger partial charge in [0.25, 0.3) is 0 Å². The fourth-order valence-corrected chi connectivity index (χ4v) is 2.99. The molecule has 0 radical (unpaired) electrons. The van der Waals surface area contributed by atoms with Crippen molar-refractivity contribution in [3.8, 4) is 0 Å². The van der Waals surface area contributed by atoms with Gasteiger partial charge in [-0.2, -0.15) is 0 Å². The number of nitrogens with zero attached hydrogens (tertiary/aromatic N) is 1. The molecule has 22 heavy (non-hydrogen) atoms. The summed E-state index contributed by atoms with van der Waals surface area (Å²) in [5.41, 5.74) is 0.688. The minimum Gasteiger partial charge on any atom is -0.396 e. The van der Waals surface area contributed by atoms with Crippen LogP contribution in [0.2, 0.25) is 0 Å². The highest BCUT2D eigenvalue weighted by atomic mass is 19.1. The summed E-state index contributed by atoms with van der Waals surface area (Å²) in [5.74, 6) is -0.187. The molecule has 4 nitrogen and oxygen atoms in total. The average molecular weight is 308 g/mol. The zero-order valence-electron chi connectivity index (χ0n) is 12.9. The fourth-order valence-electron chi connectivity index (χ4n) is 2.99. The number of amides is 2. The minimum atomic E-state index is -0.187. The quantitative estimate of drug-likeness (QED) is 0.794. The average Bonchev–Trinajstić information content (AvgIpc) is 2.54. The lowest BCUT2D eigenvalue weighted by Crippen LogP contribution is -2.49. The van der Waals surface area contributed by atoms with Crippen molar-refractivity contribution in [2.75, 3.05) is 19.7 Å². The highest BCUT2D eigenvalue weighted by Gasteiger charge is 2.25. The Bertz CT molecular complexity index is 479. The van der Waals surface area contributed by atoms with E-state index in [9.17, 15) is 9.18 Å². The van der Waals surface area contributed by atoms with Crippen LogP contribution in [-0.4, -0.2) is 41.8 Å². The van der Waals surface area contributed by atoms with Gasteiger partial charge in [0.15, 0.2) is 0 Å². The number of aliphatic hydroxyl groups is 1. The monoisotopic (exact) mass is 308 g/mol. The highest BCUT2D eigenvalue weighted by Crippen LogP contribution is 2.19. The second kappa shape index (κ2) is 8.73. The molecule has 2 rings (SSSR count). The Hall–Kier alpha value is -1.62. The van der Waals surface area contributed by atoms with E-state index in [1.807, 2.05) is 11.0 Å².